The number of nitrogens with zero attached hydrogens (tertiary/aromatic N) is 1. The highest BCUT2D eigenvalue weighted by Crippen LogP contribution is 2.08. The molecule has 5 heteroatoms. The van der Waals surface area contributed by atoms with Gasteiger partial charge in [0, 0.05) is 19.6 Å². The lowest BCUT2D eigenvalue weighted by Crippen LogP contribution is -2.51. The molecule has 1 heterocycles. The molecule has 1 saturated heterocycles. The van der Waals surface area contributed by atoms with Crippen LogP contribution in [0.5, 0.6) is 0 Å². The van der Waals surface area contributed by atoms with Crippen LogP contribution in [0, 0.1) is 0 Å². The summed E-state index contributed by atoms with van der Waals surface area (Å²) in [5.41, 5.74) is -0.809. The molecule has 5 nitrogen and oxygen atoms in total. The maximum absolute atomic E-state index is 11.7. The molecule has 1 aliphatic heterocycles. The van der Waals surface area contributed by atoms with Crippen LogP contribution in [0.1, 0.15) is 26.2 Å². The monoisotopic (exact) mass is 243 g/mol. The van der Waals surface area contributed by atoms with E-state index in [-0.39, 0.29) is 11.9 Å². The minimum atomic E-state index is -0.809. The Kier molecular flexibility index (Phi) is 5.36. The van der Waals surface area contributed by atoms with Gasteiger partial charge in [0.2, 0.25) is 5.91 Å². The van der Waals surface area contributed by atoms with Crippen LogP contribution in [0.3, 0.4) is 0 Å². The summed E-state index contributed by atoms with van der Waals surface area (Å²) in [5, 5.41) is 16.2. The van der Waals surface area contributed by atoms with Crippen LogP contribution in [0.25, 0.3) is 0 Å². The third-order valence-corrected chi connectivity index (χ3v) is 2.92. The summed E-state index contributed by atoms with van der Waals surface area (Å²) in [5.74, 6) is 0.0585. The van der Waals surface area contributed by atoms with E-state index in [1.165, 1.54) is 0 Å². The van der Waals surface area contributed by atoms with Crippen molar-refractivity contribution >= 4 is 5.91 Å². The van der Waals surface area contributed by atoms with E-state index in [4.69, 9.17) is 0 Å². The van der Waals surface area contributed by atoms with Gasteiger partial charge in [-0.15, -0.1) is 0 Å². The normalized spacial score (nSPS) is 25.2. The molecule has 0 aliphatic carbocycles. The Labute approximate surface area is 104 Å². The van der Waals surface area contributed by atoms with E-state index in [0.717, 1.165) is 25.8 Å². The molecule has 1 fully saturated rings. The van der Waals surface area contributed by atoms with Gasteiger partial charge in [-0.1, -0.05) is 0 Å². The molecule has 0 saturated carbocycles. The Morgan fingerprint density at radius 3 is 2.88 bits per heavy atom. The molecule has 1 amide bonds. The molecule has 2 atom stereocenters. The molecule has 17 heavy (non-hydrogen) atoms. The van der Waals surface area contributed by atoms with Gasteiger partial charge < -0.3 is 20.6 Å². The van der Waals surface area contributed by atoms with Crippen molar-refractivity contribution in [2.45, 2.75) is 37.8 Å². The highest BCUT2D eigenvalue weighted by atomic mass is 16.3. The molecule has 0 aromatic heterocycles. The van der Waals surface area contributed by atoms with Gasteiger partial charge in [0.05, 0.1) is 11.6 Å². The van der Waals surface area contributed by atoms with Crippen molar-refractivity contribution in [3.8, 4) is 0 Å². The van der Waals surface area contributed by atoms with E-state index < -0.39 is 5.60 Å². The zero-order chi connectivity index (χ0) is 12.9. The van der Waals surface area contributed by atoms with Crippen molar-refractivity contribution in [2.75, 3.05) is 33.7 Å². The summed E-state index contributed by atoms with van der Waals surface area (Å²) in [7, 11) is 3.85. The molecule has 1 aliphatic rings. The molecule has 0 bridgehead atoms. The number of likely N-dealkylation sites (N-methyl/N-ethyl adjacent to an activating group) is 1. The largest absolute Gasteiger partial charge is 0.388 e. The summed E-state index contributed by atoms with van der Waals surface area (Å²) in [6.07, 6.45) is 2.94. The second-order valence-electron chi connectivity index (χ2n) is 5.46. The predicted molar refractivity (Wildman–Crippen MR) is 67.8 cm³/mol. The van der Waals surface area contributed by atoms with E-state index in [1.807, 2.05) is 19.0 Å². The van der Waals surface area contributed by atoms with Crippen molar-refractivity contribution in [2.24, 2.45) is 0 Å². The number of carbonyl (C=O) groups excluding carboxylic acids is 1. The molecular weight excluding hydrogens is 218 g/mol. The Morgan fingerprint density at radius 1 is 1.53 bits per heavy atom. The smallest absolute Gasteiger partial charge is 0.237 e. The van der Waals surface area contributed by atoms with Gasteiger partial charge >= 0.3 is 0 Å². The molecular formula is C12H25N3O2. The van der Waals surface area contributed by atoms with Crippen LogP contribution in [-0.2, 0) is 4.79 Å². The summed E-state index contributed by atoms with van der Waals surface area (Å²) in [4.78, 5) is 13.6. The average Bonchev–Trinajstić information content (AvgIpc) is 2.38. The van der Waals surface area contributed by atoms with E-state index in [2.05, 4.69) is 10.6 Å². The van der Waals surface area contributed by atoms with Crippen LogP contribution in [0.4, 0.5) is 0 Å². The van der Waals surface area contributed by atoms with Gasteiger partial charge in [-0.25, -0.2) is 0 Å². The standard InChI is InChI=1S/C12H25N3O2/c1-12(17,9-15(2)3)8-14-10-6-4-5-7-13-11(10)16/h10,14,17H,4-9H2,1-3H3,(H,13,16). The lowest BCUT2D eigenvalue weighted by Gasteiger charge is -2.29. The molecule has 1 rings (SSSR count). The molecule has 0 radical (unpaired) electrons. The van der Waals surface area contributed by atoms with Crippen LogP contribution >= 0.6 is 0 Å². The first-order chi connectivity index (χ1) is 7.91. The van der Waals surface area contributed by atoms with Gasteiger partial charge in [-0.3, -0.25) is 4.79 Å². The SMILES string of the molecule is CN(C)CC(C)(O)CNC1CCCCNC1=O. The summed E-state index contributed by atoms with van der Waals surface area (Å²) in [6.45, 7) is 3.57. The molecule has 2 unspecified atom stereocenters. The predicted octanol–water partition coefficient (Wildman–Crippen LogP) is -0.443. The molecule has 100 valence electrons. The summed E-state index contributed by atoms with van der Waals surface area (Å²) >= 11 is 0. The highest BCUT2D eigenvalue weighted by molar-refractivity contribution is 5.81. The number of hydrogen-bond acceptors (Lipinski definition) is 4. The minimum Gasteiger partial charge on any atom is -0.388 e. The maximum Gasteiger partial charge on any atom is 0.237 e. The number of rotatable bonds is 5. The van der Waals surface area contributed by atoms with Crippen molar-refractivity contribution in [1.29, 1.82) is 0 Å². The van der Waals surface area contributed by atoms with Crippen LogP contribution in [0.15, 0.2) is 0 Å². The zero-order valence-corrected chi connectivity index (χ0v) is 11.1. The first-order valence-electron chi connectivity index (χ1n) is 6.29. The maximum atomic E-state index is 11.7. The van der Waals surface area contributed by atoms with Gasteiger partial charge in [-0.05, 0) is 40.3 Å². The highest BCUT2D eigenvalue weighted by Gasteiger charge is 2.26. The van der Waals surface area contributed by atoms with Crippen LogP contribution < -0.4 is 10.6 Å². The Morgan fingerprint density at radius 2 is 2.24 bits per heavy atom. The molecule has 0 spiro atoms. The first kappa shape index (κ1) is 14.4. The number of hydrogen-bond donors (Lipinski definition) is 3. The van der Waals surface area contributed by atoms with E-state index in [1.54, 1.807) is 6.92 Å². The van der Waals surface area contributed by atoms with E-state index >= 15 is 0 Å². The topological polar surface area (TPSA) is 64.6 Å². The Hall–Kier alpha value is -0.650. The fraction of sp³-hybridized carbons (Fsp3) is 0.917. The van der Waals surface area contributed by atoms with Crippen molar-refractivity contribution in [3.05, 3.63) is 0 Å². The Balaban J connectivity index is 2.39. The number of nitrogens with one attached hydrogen (secondary N) is 2. The van der Waals surface area contributed by atoms with Crippen LogP contribution in [0.2, 0.25) is 0 Å². The fourth-order valence-corrected chi connectivity index (χ4v) is 2.21. The minimum absolute atomic E-state index is 0.0585. The third-order valence-electron chi connectivity index (χ3n) is 2.92. The molecule has 0 aromatic carbocycles. The van der Waals surface area contributed by atoms with Crippen LogP contribution in [-0.4, -0.2) is 61.3 Å². The van der Waals surface area contributed by atoms with Gasteiger partial charge in [0.1, 0.15) is 0 Å². The number of aliphatic hydroxyl groups is 1. The van der Waals surface area contributed by atoms with Crippen molar-refractivity contribution in [1.82, 2.24) is 15.5 Å². The lowest BCUT2D eigenvalue weighted by atomic mass is 10.0. The quantitative estimate of drug-likeness (QED) is 0.612. The lowest BCUT2D eigenvalue weighted by molar-refractivity contribution is -0.123. The summed E-state index contributed by atoms with van der Waals surface area (Å²) in [6, 6.07) is -0.161. The first-order valence-corrected chi connectivity index (χ1v) is 6.29. The number of amides is 1. The summed E-state index contributed by atoms with van der Waals surface area (Å²) < 4.78 is 0. The second kappa shape index (κ2) is 6.33. The van der Waals surface area contributed by atoms with Gasteiger partial charge in [0.25, 0.3) is 0 Å². The van der Waals surface area contributed by atoms with Crippen molar-refractivity contribution in [3.63, 3.8) is 0 Å². The van der Waals surface area contributed by atoms with E-state index in [0.29, 0.717) is 13.1 Å². The Bertz CT molecular complexity index is 254. The average molecular weight is 243 g/mol. The molecule has 3 N–H and O–H groups in total. The zero-order valence-electron chi connectivity index (χ0n) is 11.1. The van der Waals surface area contributed by atoms with Gasteiger partial charge in [0.15, 0.2) is 0 Å². The van der Waals surface area contributed by atoms with Gasteiger partial charge in [-0.2, -0.15) is 0 Å². The van der Waals surface area contributed by atoms with Crippen molar-refractivity contribution < 1.29 is 9.90 Å². The van der Waals surface area contributed by atoms with E-state index in [9.17, 15) is 9.90 Å². The fourth-order valence-electron chi connectivity index (χ4n) is 2.21. The molecule has 0 aromatic rings. The number of carbonyl (C=O) groups is 1. The third kappa shape index (κ3) is 5.48. The second-order valence-corrected chi connectivity index (χ2v) is 5.46.